The predicted molar refractivity (Wildman–Crippen MR) is 121 cm³/mol. The van der Waals surface area contributed by atoms with Crippen LogP contribution < -0.4 is 10.1 Å². The summed E-state index contributed by atoms with van der Waals surface area (Å²) in [6.45, 7) is 0.265. The molecule has 1 N–H and O–H groups in total. The lowest BCUT2D eigenvalue weighted by atomic mass is 10.1. The largest absolute Gasteiger partial charge is 0.489 e. The highest BCUT2D eigenvalue weighted by atomic mass is 32.2. The molecule has 1 saturated heterocycles. The highest BCUT2D eigenvalue weighted by molar-refractivity contribution is 7.91. The van der Waals surface area contributed by atoms with Gasteiger partial charge in [0.15, 0.2) is 9.84 Å². The van der Waals surface area contributed by atoms with Crippen LogP contribution >= 0.6 is 0 Å². The maximum Gasteiger partial charge on any atom is 0.271 e. The Hall–Kier alpha value is -3.71. The Morgan fingerprint density at radius 1 is 1.21 bits per heavy atom. The van der Waals surface area contributed by atoms with Gasteiger partial charge in [-0.15, -0.1) is 0 Å². The van der Waals surface area contributed by atoms with Crippen molar-refractivity contribution in [1.29, 1.82) is 5.26 Å². The molecule has 0 aliphatic carbocycles. The van der Waals surface area contributed by atoms with Gasteiger partial charge in [-0.3, -0.25) is 9.59 Å². The van der Waals surface area contributed by atoms with E-state index in [9.17, 15) is 18.0 Å². The van der Waals surface area contributed by atoms with Gasteiger partial charge in [-0.25, -0.2) is 13.4 Å². The van der Waals surface area contributed by atoms with Crippen molar-refractivity contribution in [1.82, 2.24) is 5.01 Å². The molecular formula is C23H22N4O5S. The van der Waals surface area contributed by atoms with E-state index in [1.807, 2.05) is 6.07 Å². The van der Waals surface area contributed by atoms with Crippen LogP contribution in [0.5, 0.6) is 5.75 Å². The van der Waals surface area contributed by atoms with E-state index in [4.69, 9.17) is 10.00 Å². The molecule has 0 bridgehead atoms. The summed E-state index contributed by atoms with van der Waals surface area (Å²) in [7, 11) is -3.18. The van der Waals surface area contributed by atoms with Gasteiger partial charge in [0.25, 0.3) is 5.91 Å². The molecule has 2 aliphatic heterocycles. The Balaban J connectivity index is 1.41. The normalized spacial score (nSPS) is 19.5. The van der Waals surface area contributed by atoms with Crippen LogP contribution in [0.1, 0.15) is 30.4 Å². The molecule has 33 heavy (non-hydrogen) atoms. The van der Waals surface area contributed by atoms with Crippen LogP contribution in [0.15, 0.2) is 53.6 Å². The Morgan fingerprint density at radius 3 is 2.79 bits per heavy atom. The summed E-state index contributed by atoms with van der Waals surface area (Å²) in [5.41, 5.74) is 2.07. The summed E-state index contributed by atoms with van der Waals surface area (Å²) < 4.78 is 29.3. The molecule has 4 rings (SSSR count). The van der Waals surface area contributed by atoms with Gasteiger partial charge >= 0.3 is 0 Å². The van der Waals surface area contributed by atoms with Crippen LogP contribution in [0.4, 0.5) is 5.69 Å². The Bertz CT molecular complexity index is 1270. The summed E-state index contributed by atoms with van der Waals surface area (Å²) in [5.74, 6) is -0.301. The van der Waals surface area contributed by atoms with E-state index < -0.39 is 21.8 Å². The van der Waals surface area contributed by atoms with E-state index in [2.05, 4.69) is 16.5 Å². The smallest absolute Gasteiger partial charge is 0.271 e. The molecule has 0 radical (unpaired) electrons. The first-order chi connectivity index (χ1) is 15.8. The van der Waals surface area contributed by atoms with E-state index in [0.29, 0.717) is 23.4 Å². The van der Waals surface area contributed by atoms with Crippen molar-refractivity contribution in [2.75, 3.05) is 16.8 Å². The van der Waals surface area contributed by atoms with Crippen molar-refractivity contribution in [2.45, 2.75) is 31.9 Å². The molecule has 10 heteroatoms. The topological polar surface area (TPSA) is 129 Å². The molecule has 9 nitrogen and oxygen atoms in total. The van der Waals surface area contributed by atoms with Gasteiger partial charge < -0.3 is 10.1 Å². The number of hydrazone groups is 1. The SMILES string of the molecule is N#Cc1cccc(COc2cccc(NC(=O)C3=NN(C4CCS(=O)(=O)C4)C(=O)CC3)c2)c1. The van der Waals surface area contributed by atoms with Gasteiger partial charge in [-0.05, 0) is 36.2 Å². The Kier molecular flexibility index (Phi) is 6.42. The van der Waals surface area contributed by atoms with Crippen molar-refractivity contribution >= 4 is 33.1 Å². The second-order valence-electron chi connectivity index (χ2n) is 7.92. The molecule has 2 aromatic rings. The Labute approximate surface area is 191 Å². The van der Waals surface area contributed by atoms with Crippen molar-refractivity contribution in [2.24, 2.45) is 5.10 Å². The van der Waals surface area contributed by atoms with Crippen LogP contribution in [0, 0.1) is 11.3 Å². The number of hydrogen-bond donors (Lipinski definition) is 1. The average Bonchev–Trinajstić information content (AvgIpc) is 3.17. The lowest BCUT2D eigenvalue weighted by Gasteiger charge is -2.27. The van der Waals surface area contributed by atoms with Crippen LogP contribution in [0.3, 0.4) is 0 Å². The molecule has 1 unspecified atom stereocenters. The van der Waals surface area contributed by atoms with Crippen molar-refractivity contribution < 1.29 is 22.7 Å². The first kappa shape index (κ1) is 22.5. The van der Waals surface area contributed by atoms with Gasteiger partial charge in [-0.2, -0.15) is 10.4 Å². The second kappa shape index (κ2) is 9.42. The minimum absolute atomic E-state index is 0.0199. The lowest BCUT2D eigenvalue weighted by molar-refractivity contribution is -0.133. The third kappa shape index (κ3) is 5.56. The van der Waals surface area contributed by atoms with Gasteiger partial charge in [0.1, 0.15) is 18.1 Å². The number of carbonyl (C=O) groups is 2. The predicted octanol–water partition coefficient (Wildman–Crippen LogP) is 2.24. The minimum Gasteiger partial charge on any atom is -0.489 e. The highest BCUT2D eigenvalue weighted by Crippen LogP contribution is 2.23. The van der Waals surface area contributed by atoms with Crippen LogP contribution in [0.25, 0.3) is 0 Å². The number of nitrogens with zero attached hydrogens (tertiary/aromatic N) is 3. The number of anilines is 1. The molecule has 0 aromatic heterocycles. The van der Waals surface area contributed by atoms with Crippen LogP contribution in [-0.4, -0.2) is 48.5 Å². The second-order valence-corrected chi connectivity index (χ2v) is 10.2. The number of amides is 2. The molecule has 2 aliphatic rings. The monoisotopic (exact) mass is 466 g/mol. The van der Waals surface area contributed by atoms with E-state index >= 15 is 0 Å². The minimum atomic E-state index is -3.18. The number of ether oxygens (including phenoxy) is 1. The number of benzene rings is 2. The third-order valence-electron chi connectivity index (χ3n) is 5.43. The van der Waals surface area contributed by atoms with Crippen molar-refractivity contribution in [3.05, 3.63) is 59.7 Å². The molecule has 0 spiro atoms. The number of hydrogen-bond acceptors (Lipinski definition) is 7. The number of nitrogens with one attached hydrogen (secondary N) is 1. The maximum absolute atomic E-state index is 12.8. The quantitative estimate of drug-likeness (QED) is 0.695. The van der Waals surface area contributed by atoms with E-state index in [-0.39, 0.29) is 42.6 Å². The van der Waals surface area contributed by atoms with Crippen molar-refractivity contribution in [3.63, 3.8) is 0 Å². The summed E-state index contributed by atoms with van der Waals surface area (Å²) >= 11 is 0. The van der Waals surface area contributed by atoms with Crippen LogP contribution in [-0.2, 0) is 26.0 Å². The standard InChI is InChI=1S/C23H22N4O5S/c24-13-16-3-1-4-17(11-16)14-32-20-6-2-5-18(12-20)25-23(29)21-7-8-22(28)27(26-21)19-9-10-33(30,31)15-19/h1-6,11-12,19H,7-10,14-15H2,(H,25,29). The summed E-state index contributed by atoms with van der Waals surface area (Å²) in [4.78, 5) is 25.0. The highest BCUT2D eigenvalue weighted by Gasteiger charge is 2.37. The van der Waals surface area contributed by atoms with E-state index in [1.54, 1.807) is 42.5 Å². The molecule has 2 heterocycles. The van der Waals surface area contributed by atoms with E-state index in [1.165, 1.54) is 0 Å². The number of sulfone groups is 1. The molecule has 2 aromatic carbocycles. The van der Waals surface area contributed by atoms with Gasteiger partial charge in [0, 0.05) is 24.6 Å². The maximum atomic E-state index is 12.8. The first-order valence-electron chi connectivity index (χ1n) is 10.5. The zero-order valence-electron chi connectivity index (χ0n) is 17.7. The fourth-order valence-electron chi connectivity index (χ4n) is 3.75. The molecule has 2 amide bonds. The zero-order chi connectivity index (χ0) is 23.4. The van der Waals surface area contributed by atoms with Gasteiger partial charge in [0.2, 0.25) is 5.91 Å². The van der Waals surface area contributed by atoms with Gasteiger partial charge in [-0.1, -0.05) is 18.2 Å². The number of nitriles is 1. The van der Waals surface area contributed by atoms with Gasteiger partial charge in [0.05, 0.1) is 29.2 Å². The molecule has 170 valence electrons. The third-order valence-corrected chi connectivity index (χ3v) is 7.18. The fraction of sp³-hybridized carbons (Fsp3) is 0.304. The molecular weight excluding hydrogens is 444 g/mol. The van der Waals surface area contributed by atoms with Crippen LogP contribution in [0.2, 0.25) is 0 Å². The van der Waals surface area contributed by atoms with Crippen molar-refractivity contribution in [3.8, 4) is 11.8 Å². The molecule has 1 atom stereocenters. The lowest BCUT2D eigenvalue weighted by Crippen LogP contribution is -2.42. The first-order valence-corrected chi connectivity index (χ1v) is 12.3. The molecule has 0 saturated carbocycles. The average molecular weight is 467 g/mol. The summed E-state index contributed by atoms with van der Waals surface area (Å²) in [5, 5.41) is 17.1. The zero-order valence-corrected chi connectivity index (χ0v) is 18.5. The molecule has 1 fully saturated rings. The fourth-order valence-corrected chi connectivity index (χ4v) is 5.44. The van der Waals surface area contributed by atoms with E-state index in [0.717, 1.165) is 10.6 Å². The summed E-state index contributed by atoms with van der Waals surface area (Å²) in [6, 6.07) is 15.5. The number of carbonyl (C=O) groups excluding carboxylic acids is 2. The Morgan fingerprint density at radius 2 is 2.03 bits per heavy atom. The number of rotatable bonds is 6. The summed E-state index contributed by atoms with van der Waals surface area (Å²) in [6.07, 6.45) is 0.614.